The second-order valence-electron chi connectivity index (χ2n) is 3.97. The van der Waals surface area contributed by atoms with Crippen molar-refractivity contribution in [2.75, 3.05) is 26.7 Å². The number of aliphatic carboxylic acids is 1. The van der Waals surface area contributed by atoms with Gasteiger partial charge in [0.25, 0.3) is 0 Å². The summed E-state index contributed by atoms with van der Waals surface area (Å²) in [6, 6.07) is -0.261. The molecule has 0 radical (unpaired) electrons. The topological polar surface area (TPSA) is 60.9 Å². The smallest absolute Gasteiger partial charge is 0.323 e. The zero-order valence-corrected chi connectivity index (χ0v) is 10.7. The summed E-state index contributed by atoms with van der Waals surface area (Å²) in [4.78, 5) is 25.4. The van der Waals surface area contributed by atoms with Crippen molar-refractivity contribution in [3.8, 4) is 0 Å². The monoisotopic (exact) mass is 242 g/mol. The van der Waals surface area contributed by atoms with Crippen LogP contribution in [0.25, 0.3) is 0 Å². The molecular formula is C12H22N2O3. The Bertz CT molecular complexity index is 266. The van der Waals surface area contributed by atoms with E-state index >= 15 is 0 Å². The highest BCUT2D eigenvalue weighted by atomic mass is 16.4. The normalized spacial score (nSPS) is 9.76. The van der Waals surface area contributed by atoms with Gasteiger partial charge < -0.3 is 14.9 Å². The van der Waals surface area contributed by atoms with Crippen LogP contribution in [0.2, 0.25) is 0 Å². The van der Waals surface area contributed by atoms with Crippen LogP contribution in [0.3, 0.4) is 0 Å². The highest BCUT2D eigenvalue weighted by Gasteiger charge is 2.18. The number of amides is 2. The average Bonchev–Trinajstić information content (AvgIpc) is 2.27. The summed E-state index contributed by atoms with van der Waals surface area (Å²) in [5.41, 5.74) is 0. The van der Waals surface area contributed by atoms with Gasteiger partial charge >= 0.3 is 12.0 Å². The number of carbonyl (C=O) groups is 2. The lowest BCUT2D eigenvalue weighted by molar-refractivity contribution is -0.137. The molecule has 0 rings (SSSR count). The quantitative estimate of drug-likeness (QED) is 0.521. The average molecular weight is 242 g/mol. The van der Waals surface area contributed by atoms with Crippen molar-refractivity contribution >= 4 is 12.0 Å². The number of carboxylic acids is 1. The van der Waals surface area contributed by atoms with Gasteiger partial charge in [-0.1, -0.05) is 25.8 Å². The Hall–Kier alpha value is -1.52. The molecule has 0 aliphatic heterocycles. The third-order valence-electron chi connectivity index (χ3n) is 2.37. The van der Waals surface area contributed by atoms with Gasteiger partial charge in [-0.3, -0.25) is 4.79 Å². The Labute approximate surface area is 103 Å². The molecule has 5 heteroatoms. The number of hydrogen-bond acceptors (Lipinski definition) is 2. The van der Waals surface area contributed by atoms with E-state index in [1.54, 1.807) is 11.9 Å². The summed E-state index contributed by atoms with van der Waals surface area (Å²) >= 11 is 0. The lowest BCUT2D eigenvalue weighted by Gasteiger charge is -2.26. The fourth-order valence-corrected chi connectivity index (χ4v) is 1.47. The van der Waals surface area contributed by atoms with Crippen molar-refractivity contribution in [1.29, 1.82) is 0 Å². The summed E-state index contributed by atoms with van der Waals surface area (Å²) in [7, 11) is 1.69. The third-order valence-corrected chi connectivity index (χ3v) is 2.37. The van der Waals surface area contributed by atoms with Crippen LogP contribution in [0.5, 0.6) is 0 Å². The molecule has 0 fully saturated rings. The van der Waals surface area contributed by atoms with Crippen LogP contribution < -0.4 is 0 Å². The van der Waals surface area contributed by atoms with E-state index in [0.29, 0.717) is 6.54 Å². The van der Waals surface area contributed by atoms with Gasteiger partial charge in [-0.05, 0) is 6.42 Å². The second-order valence-corrected chi connectivity index (χ2v) is 3.97. The Morgan fingerprint density at radius 2 is 2.00 bits per heavy atom. The zero-order valence-electron chi connectivity index (χ0n) is 10.7. The van der Waals surface area contributed by atoms with E-state index in [9.17, 15) is 9.59 Å². The molecule has 0 aromatic rings. The number of carbonyl (C=O) groups excluding carboxylic acids is 1. The van der Waals surface area contributed by atoms with Crippen LogP contribution in [0.1, 0.15) is 26.2 Å². The van der Waals surface area contributed by atoms with Gasteiger partial charge in [0, 0.05) is 20.1 Å². The van der Waals surface area contributed by atoms with Crippen LogP contribution >= 0.6 is 0 Å². The highest BCUT2D eigenvalue weighted by molar-refractivity contribution is 5.80. The molecule has 0 bridgehead atoms. The first-order valence-electron chi connectivity index (χ1n) is 5.85. The first kappa shape index (κ1) is 15.5. The molecular weight excluding hydrogens is 220 g/mol. The number of unbranched alkanes of at least 4 members (excludes halogenated alkanes) is 2. The summed E-state index contributed by atoms with van der Waals surface area (Å²) in [6.07, 6.45) is 4.63. The summed E-state index contributed by atoms with van der Waals surface area (Å²) in [6.45, 7) is 6.23. The van der Waals surface area contributed by atoms with Gasteiger partial charge in [0.2, 0.25) is 0 Å². The minimum Gasteiger partial charge on any atom is -0.480 e. The SMILES string of the molecule is C=CCN(CC(=O)O)C(=O)N(C)CCCCC. The number of nitrogens with zero attached hydrogens (tertiary/aromatic N) is 2. The fraction of sp³-hybridized carbons (Fsp3) is 0.667. The fourth-order valence-electron chi connectivity index (χ4n) is 1.47. The zero-order chi connectivity index (χ0) is 13.3. The van der Waals surface area contributed by atoms with Crippen molar-refractivity contribution in [1.82, 2.24) is 9.80 Å². The van der Waals surface area contributed by atoms with E-state index in [1.165, 1.54) is 11.0 Å². The first-order valence-corrected chi connectivity index (χ1v) is 5.85. The van der Waals surface area contributed by atoms with Crippen LogP contribution in [0, 0.1) is 0 Å². The minimum absolute atomic E-state index is 0.253. The van der Waals surface area contributed by atoms with Crippen molar-refractivity contribution in [2.24, 2.45) is 0 Å². The molecule has 0 aliphatic rings. The van der Waals surface area contributed by atoms with Crippen molar-refractivity contribution in [3.05, 3.63) is 12.7 Å². The molecule has 0 aromatic carbocycles. The Balaban J connectivity index is 4.27. The predicted octanol–water partition coefficient (Wildman–Crippen LogP) is 1.80. The highest BCUT2D eigenvalue weighted by Crippen LogP contribution is 2.01. The molecule has 1 N–H and O–H groups in total. The predicted molar refractivity (Wildman–Crippen MR) is 67.0 cm³/mol. The maximum absolute atomic E-state index is 11.9. The molecule has 5 nitrogen and oxygen atoms in total. The van der Waals surface area contributed by atoms with Crippen molar-refractivity contribution < 1.29 is 14.7 Å². The molecule has 17 heavy (non-hydrogen) atoms. The van der Waals surface area contributed by atoms with E-state index in [2.05, 4.69) is 13.5 Å². The molecule has 0 aliphatic carbocycles. The van der Waals surface area contributed by atoms with E-state index < -0.39 is 5.97 Å². The van der Waals surface area contributed by atoms with E-state index in [-0.39, 0.29) is 19.1 Å². The van der Waals surface area contributed by atoms with Crippen LogP contribution in [-0.4, -0.2) is 53.6 Å². The molecule has 98 valence electrons. The lowest BCUT2D eigenvalue weighted by atomic mass is 10.2. The maximum Gasteiger partial charge on any atom is 0.323 e. The number of urea groups is 1. The lowest BCUT2D eigenvalue weighted by Crippen LogP contribution is -2.44. The number of rotatable bonds is 8. The first-order chi connectivity index (χ1) is 8.02. The van der Waals surface area contributed by atoms with Crippen LogP contribution in [-0.2, 0) is 4.79 Å². The summed E-state index contributed by atoms with van der Waals surface area (Å²) in [5, 5.41) is 8.71. The van der Waals surface area contributed by atoms with Crippen molar-refractivity contribution in [2.45, 2.75) is 26.2 Å². The molecule has 2 amide bonds. The second kappa shape index (κ2) is 8.61. The molecule has 0 saturated heterocycles. The Morgan fingerprint density at radius 1 is 1.35 bits per heavy atom. The van der Waals surface area contributed by atoms with Crippen molar-refractivity contribution in [3.63, 3.8) is 0 Å². The van der Waals surface area contributed by atoms with Gasteiger partial charge in [-0.15, -0.1) is 6.58 Å². The molecule has 0 aromatic heterocycles. The van der Waals surface area contributed by atoms with Gasteiger partial charge in [0.1, 0.15) is 6.54 Å². The Kier molecular flexibility index (Phi) is 7.84. The van der Waals surface area contributed by atoms with Gasteiger partial charge in [-0.25, -0.2) is 4.79 Å². The number of carboxylic acid groups (broad SMARTS) is 1. The molecule has 0 unspecified atom stereocenters. The largest absolute Gasteiger partial charge is 0.480 e. The third kappa shape index (κ3) is 6.60. The van der Waals surface area contributed by atoms with E-state index in [4.69, 9.17) is 5.11 Å². The number of hydrogen-bond donors (Lipinski definition) is 1. The van der Waals surface area contributed by atoms with Gasteiger partial charge in [-0.2, -0.15) is 0 Å². The van der Waals surface area contributed by atoms with E-state index in [1.807, 2.05) is 0 Å². The van der Waals surface area contributed by atoms with Gasteiger partial charge in [0.05, 0.1) is 0 Å². The standard InChI is InChI=1S/C12H22N2O3/c1-4-6-7-9-13(3)12(17)14(8-5-2)10-11(15)16/h5H,2,4,6-10H2,1,3H3,(H,15,16). The molecule has 0 saturated carbocycles. The summed E-state index contributed by atoms with van der Waals surface area (Å²) < 4.78 is 0. The summed E-state index contributed by atoms with van der Waals surface area (Å²) in [5.74, 6) is -1.01. The minimum atomic E-state index is -1.01. The van der Waals surface area contributed by atoms with Crippen LogP contribution in [0.4, 0.5) is 4.79 Å². The van der Waals surface area contributed by atoms with E-state index in [0.717, 1.165) is 19.3 Å². The van der Waals surface area contributed by atoms with Crippen LogP contribution in [0.15, 0.2) is 12.7 Å². The molecule has 0 atom stereocenters. The molecule has 0 heterocycles. The maximum atomic E-state index is 11.9. The Morgan fingerprint density at radius 3 is 2.47 bits per heavy atom. The van der Waals surface area contributed by atoms with Gasteiger partial charge in [0.15, 0.2) is 0 Å². The molecule has 0 spiro atoms.